The Morgan fingerprint density at radius 1 is 1.33 bits per heavy atom. The van der Waals surface area contributed by atoms with E-state index in [0.717, 1.165) is 23.8 Å². The average Bonchev–Trinajstić information content (AvgIpc) is 3.27. The van der Waals surface area contributed by atoms with E-state index in [2.05, 4.69) is 0 Å². The summed E-state index contributed by atoms with van der Waals surface area (Å²) in [6.45, 7) is 1.85. The Morgan fingerprint density at radius 3 is 2.76 bits per heavy atom. The Bertz CT molecular complexity index is 742. The van der Waals surface area contributed by atoms with E-state index >= 15 is 0 Å². The maximum absolute atomic E-state index is 11.7. The molecule has 110 valence electrons. The number of esters is 1. The van der Waals surface area contributed by atoms with Crippen LogP contribution in [0.15, 0.2) is 33.5 Å². The highest BCUT2D eigenvalue weighted by Crippen LogP contribution is 2.36. The van der Waals surface area contributed by atoms with Gasteiger partial charge in [-0.3, -0.25) is 0 Å². The molecular weight excluding hydrogens is 272 g/mol. The average molecular weight is 288 g/mol. The summed E-state index contributed by atoms with van der Waals surface area (Å²) in [5, 5.41) is 0.850. The van der Waals surface area contributed by atoms with Gasteiger partial charge in [-0.25, -0.2) is 9.59 Å². The molecule has 0 amide bonds. The van der Waals surface area contributed by atoms with Crippen LogP contribution in [-0.2, 0) is 9.53 Å². The first-order valence-electron chi connectivity index (χ1n) is 6.87. The molecule has 1 saturated carbocycles. The molecule has 1 unspecified atom stereocenters. The molecule has 3 rings (SSSR count). The number of benzene rings is 1. The summed E-state index contributed by atoms with van der Waals surface area (Å²) < 4.78 is 15.7. The van der Waals surface area contributed by atoms with Crippen LogP contribution >= 0.6 is 0 Å². The van der Waals surface area contributed by atoms with Crippen molar-refractivity contribution in [2.75, 3.05) is 7.11 Å². The zero-order valence-electron chi connectivity index (χ0n) is 11.9. The second kappa shape index (κ2) is 5.24. The largest absolute Gasteiger partial charge is 0.478 e. The van der Waals surface area contributed by atoms with E-state index in [1.165, 1.54) is 13.2 Å². The van der Waals surface area contributed by atoms with Crippen LogP contribution in [-0.4, -0.2) is 19.2 Å². The molecule has 1 heterocycles. The summed E-state index contributed by atoms with van der Waals surface area (Å²) in [6, 6.07) is 6.68. The minimum absolute atomic E-state index is 0.206. The van der Waals surface area contributed by atoms with E-state index in [4.69, 9.17) is 13.9 Å². The van der Waals surface area contributed by atoms with Crippen LogP contribution in [0.5, 0.6) is 5.75 Å². The summed E-state index contributed by atoms with van der Waals surface area (Å²) in [7, 11) is 1.35. The summed E-state index contributed by atoms with van der Waals surface area (Å²) in [6.07, 6.45) is 1.33. The van der Waals surface area contributed by atoms with E-state index in [1.54, 1.807) is 12.1 Å². The Morgan fingerprint density at radius 2 is 2.10 bits per heavy atom. The molecule has 0 spiro atoms. The molecule has 0 bridgehead atoms. The first kappa shape index (κ1) is 13.7. The molecule has 5 heteroatoms. The maximum Gasteiger partial charge on any atom is 0.347 e. The number of ether oxygens (including phenoxy) is 2. The van der Waals surface area contributed by atoms with Crippen molar-refractivity contribution in [2.24, 2.45) is 5.92 Å². The molecule has 5 nitrogen and oxygen atoms in total. The second-order valence-corrected chi connectivity index (χ2v) is 5.31. The van der Waals surface area contributed by atoms with Crippen molar-refractivity contribution in [3.8, 4) is 5.75 Å². The Kier molecular flexibility index (Phi) is 3.41. The Balaban J connectivity index is 1.93. The van der Waals surface area contributed by atoms with E-state index in [-0.39, 0.29) is 11.9 Å². The molecule has 1 fully saturated rings. The summed E-state index contributed by atoms with van der Waals surface area (Å²) >= 11 is 0. The van der Waals surface area contributed by atoms with Gasteiger partial charge in [0.25, 0.3) is 0 Å². The van der Waals surface area contributed by atoms with Gasteiger partial charge in [0, 0.05) is 23.4 Å². The lowest BCUT2D eigenvalue weighted by molar-refractivity contribution is -0.149. The first-order chi connectivity index (χ1) is 10.1. The van der Waals surface area contributed by atoms with Gasteiger partial charge in [-0.1, -0.05) is 0 Å². The minimum atomic E-state index is -0.594. The third kappa shape index (κ3) is 2.77. The highest BCUT2D eigenvalue weighted by Gasteiger charge is 2.39. The third-order valence-electron chi connectivity index (χ3n) is 3.67. The van der Waals surface area contributed by atoms with Gasteiger partial charge in [0.05, 0.1) is 7.11 Å². The molecule has 1 aliphatic carbocycles. The zero-order chi connectivity index (χ0) is 15.0. The van der Waals surface area contributed by atoms with Crippen molar-refractivity contribution >= 4 is 16.9 Å². The lowest BCUT2D eigenvalue weighted by atomic mass is 10.1. The molecule has 1 aromatic carbocycles. The van der Waals surface area contributed by atoms with Gasteiger partial charge in [-0.2, -0.15) is 0 Å². The van der Waals surface area contributed by atoms with E-state index < -0.39 is 11.7 Å². The number of carbonyl (C=O) groups is 1. The van der Waals surface area contributed by atoms with Crippen LogP contribution in [0.4, 0.5) is 0 Å². The SMILES string of the molecule is COC(=O)C(Oc1ccc2c(C)cc(=O)oc2c1)C1CC1. The number of methoxy groups -OCH3 is 1. The van der Waals surface area contributed by atoms with Gasteiger partial charge >= 0.3 is 11.6 Å². The second-order valence-electron chi connectivity index (χ2n) is 5.31. The zero-order valence-corrected chi connectivity index (χ0v) is 11.9. The van der Waals surface area contributed by atoms with Crippen LogP contribution in [0.1, 0.15) is 18.4 Å². The molecular formula is C16H16O5. The number of aryl methyl sites for hydroxylation is 1. The molecule has 0 saturated heterocycles. The van der Waals surface area contributed by atoms with Crippen molar-refractivity contribution in [3.05, 3.63) is 40.2 Å². The quantitative estimate of drug-likeness (QED) is 0.638. The van der Waals surface area contributed by atoms with Crippen molar-refractivity contribution in [1.29, 1.82) is 0 Å². The highest BCUT2D eigenvalue weighted by atomic mass is 16.6. The lowest BCUT2D eigenvalue weighted by Crippen LogP contribution is -2.30. The van der Waals surface area contributed by atoms with Crippen LogP contribution in [0, 0.1) is 12.8 Å². The topological polar surface area (TPSA) is 65.7 Å². The van der Waals surface area contributed by atoms with Gasteiger partial charge in [-0.05, 0) is 37.5 Å². The summed E-state index contributed by atoms with van der Waals surface area (Å²) in [5.74, 6) is 0.333. The standard InChI is InChI=1S/C16H16O5/c1-9-7-14(17)21-13-8-11(5-6-12(9)13)20-15(10-3-4-10)16(18)19-2/h5-8,10,15H,3-4H2,1-2H3. The minimum Gasteiger partial charge on any atom is -0.478 e. The number of hydrogen-bond acceptors (Lipinski definition) is 5. The maximum atomic E-state index is 11.7. The molecule has 0 aliphatic heterocycles. The first-order valence-corrected chi connectivity index (χ1v) is 6.87. The van der Waals surface area contributed by atoms with E-state index in [9.17, 15) is 9.59 Å². The predicted molar refractivity (Wildman–Crippen MR) is 76.4 cm³/mol. The monoisotopic (exact) mass is 288 g/mol. The van der Waals surface area contributed by atoms with Gasteiger partial charge in [0.2, 0.25) is 0 Å². The highest BCUT2D eigenvalue weighted by molar-refractivity contribution is 5.81. The van der Waals surface area contributed by atoms with Gasteiger partial charge < -0.3 is 13.9 Å². The fraction of sp³-hybridized carbons (Fsp3) is 0.375. The van der Waals surface area contributed by atoms with Gasteiger partial charge in [0.15, 0.2) is 6.10 Å². The molecule has 0 N–H and O–H groups in total. The van der Waals surface area contributed by atoms with E-state index in [1.807, 2.05) is 13.0 Å². The van der Waals surface area contributed by atoms with Crippen LogP contribution in [0.2, 0.25) is 0 Å². The molecule has 21 heavy (non-hydrogen) atoms. The number of fused-ring (bicyclic) bond motifs is 1. The van der Waals surface area contributed by atoms with Crippen LogP contribution < -0.4 is 10.4 Å². The number of hydrogen-bond donors (Lipinski definition) is 0. The van der Waals surface area contributed by atoms with Crippen molar-refractivity contribution in [2.45, 2.75) is 25.9 Å². The van der Waals surface area contributed by atoms with Gasteiger partial charge in [0.1, 0.15) is 11.3 Å². The van der Waals surface area contributed by atoms with Gasteiger partial charge in [-0.15, -0.1) is 0 Å². The van der Waals surface area contributed by atoms with Crippen LogP contribution in [0.3, 0.4) is 0 Å². The smallest absolute Gasteiger partial charge is 0.347 e. The van der Waals surface area contributed by atoms with Crippen molar-refractivity contribution in [1.82, 2.24) is 0 Å². The van der Waals surface area contributed by atoms with Crippen molar-refractivity contribution < 1.29 is 18.7 Å². The lowest BCUT2D eigenvalue weighted by Gasteiger charge is -2.16. The molecule has 2 aromatic rings. The fourth-order valence-corrected chi connectivity index (χ4v) is 2.38. The number of carbonyl (C=O) groups excluding carboxylic acids is 1. The summed E-state index contributed by atoms with van der Waals surface area (Å²) in [5.41, 5.74) is 0.903. The normalized spacial score (nSPS) is 15.7. The van der Waals surface area contributed by atoms with E-state index in [0.29, 0.717) is 11.3 Å². The molecule has 0 radical (unpaired) electrons. The third-order valence-corrected chi connectivity index (χ3v) is 3.67. The predicted octanol–water partition coefficient (Wildman–Crippen LogP) is 2.43. The molecule has 1 aliphatic rings. The Labute approximate surface area is 121 Å². The fourth-order valence-electron chi connectivity index (χ4n) is 2.38. The molecule has 1 atom stereocenters. The van der Waals surface area contributed by atoms with Crippen molar-refractivity contribution in [3.63, 3.8) is 0 Å². The van der Waals surface area contributed by atoms with Crippen LogP contribution in [0.25, 0.3) is 11.0 Å². The Hall–Kier alpha value is -2.30. The molecule has 1 aromatic heterocycles. The number of rotatable bonds is 4. The summed E-state index contributed by atoms with van der Waals surface area (Å²) in [4.78, 5) is 23.2.